The summed E-state index contributed by atoms with van der Waals surface area (Å²) < 4.78 is 1.33. The molecule has 1 aromatic carbocycles. The second-order valence-electron chi connectivity index (χ2n) is 5.99. The van der Waals surface area contributed by atoms with Crippen molar-refractivity contribution in [2.24, 2.45) is 0 Å². The van der Waals surface area contributed by atoms with Crippen LogP contribution in [0.2, 0.25) is 0 Å². The van der Waals surface area contributed by atoms with Crippen molar-refractivity contribution in [2.75, 3.05) is 6.54 Å². The third kappa shape index (κ3) is 2.90. The van der Waals surface area contributed by atoms with Gasteiger partial charge in [0.15, 0.2) is 0 Å². The highest BCUT2D eigenvalue weighted by molar-refractivity contribution is 7.17. The highest BCUT2D eigenvalue weighted by atomic mass is 32.1. The Morgan fingerprint density at radius 3 is 2.80 bits per heavy atom. The second kappa shape index (κ2) is 5.84. The molecule has 0 bridgehead atoms. The van der Waals surface area contributed by atoms with Crippen LogP contribution < -0.4 is 5.32 Å². The predicted molar refractivity (Wildman–Crippen MR) is 86.4 cm³/mol. The standard InChI is InChI=1S/C17H23NOS/c1-2-18-14-7-9-17(19,10-8-14)11-13-12-20-16-6-4-3-5-15(13)16/h3-6,12,14,18-19H,2,7-11H2,1H3. The highest BCUT2D eigenvalue weighted by Crippen LogP contribution is 2.35. The van der Waals surface area contributed by atoms with Gasteiger partial charge >= 0.3 is 0 Å². The lowest BCUT2D eigenvalue weighted by molar-refractivity contribution is -0.00261. The minimum atomic E-state index is -0.504. The number of aliphatic hydroxyl groups is 1. The molecular weight excluding hydrogens is 266 g/mol. The van der Waals surface area contributed by atoms with Crippen molar-refractivity contribution >= 4 is 21.4 Å². The average molecular weight is 289 g/mol. The van der Waals surface area contributed by atoms with Crippen molar-refractivity contribution < 1.29 is 5.11 Å². The Labute approximate surface area is 124 Å². The summed E-state index contributed by atoms with van der Waals surface area (Å²) in [7, 11) is 0. The molecule has 1 saturated carbocycles. The van der Waals surface area contributed by atoms with E-state index in [4.69, 9.17) is 0 Å². The monoisotopic (exact) mass is 289 g/mol. The minimum Gasteiger partial charge on any atom is -0.390 e. The summed E-state index contributed by atoms with van der Waals surface area (Å²) >= 11 is 1.79. The van der Waals surface area contributed by atoms with Gasteiger partial charge in [-0.2, -0.15) is 0 Å². The van der Waals surface area contributed by atoms with Crippen molar-refractivity contribution in [3.8, 4) is 0 Å². The first-order valence-electron chi connectivity index (χ1n) is 7.61. The van der Waals surface area contributed by atoms with Gasteiger partial charge in [0.1, 0.15) is 0 Å². The van der Waals surface area contributed by atoms with Crippen LogP contribution in [0.25, 0.3) is 10.1 Å². The first-order chi connectivity index (χ1) is 9.70. The van der Waals surface area contributed by atoms with Crippen LogP contribution in [0, 0.1) is 0 Å². The first-order valence-corrected chi connectivity index (χ1v) is 8.49. The number of nitrogens with one attached hydrogen (secondary N) is 1. The molecule has 1 aromatic heterocycles. The van der Waals surface area contributed by atoms with Crippen LogP contribution in [-0.4, -0.2) is 23.3 Å². The Morgan fingerprint density at radius 1 is 1.30 bits per heavy atom. The summed E-state index contributed by atoms with van der Waals surface area (Å²) in [5, 5.41) is 17.9. The Kier molecular flexibility index (Phi) is 4.11. The van der Waals surface area contributed by atoms with E-state index in [-0.39, 0.29) is 0 Å². The van der Waals surface area contributed by atoms with Crippen molar-refractivity contribution in [3.05, 3.63) is 35.2 Å². The number of fused-ring (bicyclic) bond motifs is 1. The van der Waals surface area contributed by atoms with Crippen LogP contribution in [0.5, 0.6) is 0 Å². The third-order valence-electron chi connectivity index (χ3n) is 4.49. The molecule has 1 heterocycles. The van der Waals surface area contributed by atoms with Gasteiger partial charge < -0.3 is 10.4 Å². The average Bonchev–Trinajstić information content (AvgIpc) is 2.85. The minimum absolute atomic E-state index is 0.504. The van der Waals surface area contributed by atoms with Crippen LogP contribution >= 0.6 is 11.3 Å². The van der Waals surface area contributed by atoms with Crippen LogP contribution in [0.15, 0.2) is 29.6 Å². The zero-order valence-corrected chi connectivity index (χ0v) is 12.9. The van der Waals surface area contributed by atoms with Crippen LogP contribution in [0.3, 0.4) is 0 Å². The normalized spacial score (nSPS) is 27.0. The summed E-state index contributed by atoms with van der Waals surface area (Å²) in [5.74, 6) is 0. The SMILES string of the molecule is CCNC1CCC(O)(Cc2csc3ccccc23)CC1. The van der Waals surface area contributed by atoms with E-state index in [0.717, 1.165) is 38.6 Å². The fraction of sp³-hybridized carbons (Fsp3) is 0.529. The Bertz CT molecular complexity index is 569. The van der Waals surface area contributed by atoms with Gasteiger partial charge in [0.2, 0.25) is 0 Å². The molecule has 0 radical (unpaired) electrons. The van der Waals surface area contributed by atoms with Gasteiger partial charge in [0.25, 0.3) is 0 Å². The molecular formula is C17H23NOS. The number of benzene rings is 1. The largest absolute Gasteiger partial charge is 0.390 e. The van der Waals surface area contributed by atoms with Crippen molar-refractivity contribution in [2.45, 2.75) is 50.7 Å². The lowest BCUT2D eigenvalue weighted by Gasteiger charge is -2.36. The molecule has 0 atom stereocenters. The molecule has 1 aliphatic carbocycles. The van der Waals surface area contributed by atoms with E-state index in [1.54, 1.807) is 11.3 Å². The van der Waals surface area contributed by atoms with Crippen LogP contribution in [0.4, 0.5) is 0 Å². The van der Waals surface area contributed by atoms with Gasteiger partial charge in [-0.05, 0) is 54.6 Å². The number of rotatable bonds is 4. The fourth-order valence-electron chi connectivity index (χ4n) is 3.35. The van der Waals surface area contributed by atoms with Crippen molar-refractivity contribution in [3.63, 3.8) is 0 Å². The Morgan fingerprint density at radius 2 is 2.05 bits per heavy atom. The molecule has 0 saturated heterocycles. The maximum Gasteiger partial charge on any atom is 0.0689 e. The maximum absolute atomic E-state index is 10.9. The molecule has 3 heteroatoms. The van der Waals surface area contributed by atoms with E-state index in [1.807, 2.05) is 0 Å². The predicted octanol–water partition coefficient (Wildman–Crippen LogP) is 3.73. The van der Waals surface area contributed by atoms with Crippen LogP contribution in [0.1, 0.15) is 38.2 Å². The molecule has 108 valence electrons. The van der Waals surface area contributed by atoms with Crippen LogP contribution in [-0.2, 0) is 6.42 Å². The molecule has 20 heavy (non-hydrogen) atoms. The van der Waals surface area contributed by atoms with E-state index in [1.165, 1.54) is 15.6 Å². The van der Waals surface area contributed by atoms with E-state index in [9.17, 15) is 5.11 Å². The lowest BCUT2D eigenvalue weighted by atomic mass is 9.78. The maximum atomic E-state index is 10.9. The molecule has 2 nitrogen and oxygen atoms in total. The fourth-order valence-corrected chi connectivity index (χ4v) is 4.31. The van der Waals surface area contributed by atoms with E-state index in [0.29, 0.717) is 6.04 Å². The summed E-state index contributed by atoms with van der Waals surface area (Å²) in [5.41, 5.74) is 0.811. The third-order valence-corrected chi connectivity index (χ3v) is 5.50. The molecule has 0 unspecified atom stereocenters. The molecule has 0 amide bonds. The van der Waals surface area contributed by atoms with Gasteiger partial charge in [-0.25, -0.2) is 0 Å². The topological polar surface area (TPSA) is 32.3 Å². The second-order valence-corrected chi connectivity index (χ2v) is 6.90. The van der Waals surface area contributed by atoms with Gasteiger partial charge in [0.05, 0.1) is 5.60 Å². The Hall–Kier alpha value is -0.900. The van der Waals surface area contributed by atoms with Gasteiger partial charge in [-0.15, -0.1) is 11.3 Å². The number of thiophene rings is 1. The quantitative estimate of drug-likeness (QED) is 0.899. The van der Waals surface area contributed by atoms with E-state index >= 15 is 0 Å². The van der Waals surface area contributed by atoms with Gasteiger partial charge in [0, 0.05) is 17.2 Å². The van der Waals surface area contributed by atoms with Crippen molar-refractivity contribution in [1.29, 1.82) is 0 Å². The summed E-state index contributed by atoms with van der Waals surface area (Å²) in [6.07, 6.45) is 4.80. The molecule has 0 aliphatic heterocycles. The molecule has 2 N–H and O–H groups in total. The number of hydrogen-bond acceptors (Lipinski definition) is 3. The molecule has 0 spiro atoms. The highest BCUT2D eigenvalue weighted by Gasteiger charge is 2.33. The summed E-state index contributed by atoms with van der Waals surface area (Å²) in [6.45, 7) is 3.18. The molecule has 1 aliphatic rings. The van der Waals surface area contributed by atoms with Crippen molar-refractivity contribution in [1.82, 2.24) is 5.32 Å². The molecule has 3 rings (SSSR count). The van der Waals surface area contributed by atoms with E-state index in [2.05, 4.69) is 41.9 Å². The summed E-state index contributed by atoms with van der Waals surface area (Å²) in [4.78, 5) is 0. The zero-order valence-electron chi connectivity index (χ0n) is 12.1. The summed E-state index contributed by atoms with van der Waals surface area (Å²) in [6, 6.07) is 9.10. The van der Waals surface area contributed by atoms with E-state index < -0.39 is 5.60 Å². The lowest BCUT2D eigenvalue weighted by Crippen LogP contribution is -2.42. The Balaban J connectivity index is 1.71. The van der Waals surface area contributed by atoms with Gasteiger partial charge in [-0.3, -0.25) is 0 Å². The van der Waals surface area contributed by atoms with Gasteiger partial charge in [-0.1, -0.05) is 25.1 Å². The smallest absolute Gasteiger partial charge is 0.0689 e. The first kappa shape index (κ1) is 14.1. The molecule has 1 fully saturated rings. The number of hydrogen-bond donors (Lipinski definition) is 2. The zero-order chi connectivity index (χ0) is 14.0. The molecule has 2 aromatic rings.